The van der Waals surface area contributed by atoms with Crippen LogP contribution in [0.3, 0.4) is 0 Å². The van der Waals surface area contributed by atoms with Crippen molar-refractivity contribution in [3.63, 3.8) is 0 Å². The molecule has 0 bridgehead atoms. The summed E-state index contributed by atoms with van der Waals surface area (Å²) in [7, 11) is -0.388. The Bertz CT molecular complexity index is 894. The van der Waals surface area contributed by atoms with Crippen molar-refractivity contribution in [1.29, 1.82) is 0 Å². The highest BCUT2D eigenvalue weighted by Crippen LogP contribution is 2.30. The molecular weight excluding hydrogens is 509 g/mol. The maximum absolute atomic E-state index is 12.1. The second-order valence-corrected chi connectivity index (χ2v) is 7.28. The van der Waals surface area contributed by atoms with Gasteiger partial charge in [0.2, 0.25) is 10.0 Å². The number of hydrogen-bond acceptors (Lipinski definition) is 6. The van der Waals surface area contributed by atoms with Crippen LogP contribution < -0.4 is 24.8 Å². The Morgan fingerprint density at radius 1 is 1.21 bits per heavy atom. The Labute approximate surface area is 188 Å². The van der Waals surface area contributed by atoms with Crippen LogP contribution in [-0.4, -0.2) is 53.2 Å². The predicted molar refractivity (Wildman–Crippen MR) is 124 cm³/mol. The monoisotopic (exact) mass is 535 g/mol. The minimum Gasteiger partial charge on any atom is -0.493 e. The standard InChI is InChI=1S/C18H25N5O4S.HI/c1-4-27-16-8-7-14(12-17(16)26-3)23-18(19-2)21-10-11-22-28(24,25)15-6-5-9-20-13-15;/h5-9,12-13,22H,4,10-11H2,1-3H3,(H2,19,21,23);1H. The summed E-state index contributed by atoms with van der Waals surface area (Å²) in [6.45, 7) is 2.97. The average Bonchev–Trinajstić information content (AvgIpc) is 2.72. The molecular formula is C18H26IN5O4S. The van der Waals surface area contributed by atoms with Gasteiger partial charge in [-0.3, -0.25) is 9.98 Å². The minimum atomic E-state index is -3.59. The van der Waals surface area contributed by atoms with Gasteiger partial charge in [0.05, 0.1) is 13.7 Å². The van der Waals surface area contributed by atoms with Crippen molar-refractivity contribution in [2.75, 3.05) is 39.2 Å². The van der Waals surface area contributed by atoms with E-state index in [0.29, 0.717) is 30.6 Å². The molecule has 0 spiro atoms. The van der Waals surface area contributed by atoms with Gasteiger partial charge >= 0.3 is 0 Å². The van der Waals surface area contributed by atoms with Crippen LogP contribution >= 0.6 is 24.0 Å². The first-order valence-electron chi connectivity index (χ1n) is 8.68. The molecule has 0 aliphatic rings. The highest BCUT2D eigenvalue weighted by molar-refractivity contribution is 14.0. The highest BCUT2D eigenvalue weighted by atomic mass is 127. The van der Waals surface area contributed by atoms with Crippen molar-refractivity contribution >= 4 is 45.6 Å². The summed E-state index contributed by atoms with van der Waals surface area (Å²) >= 11 is 0. The quantitative estimate of drug-likeness (QED) is 0.195. The number of methoxy groups -OCH3 is 1. The van der Waals surface area contributed by atoms with E-state index < -0.39 is 10.0 Å². The maximum Gasteiger partial charge on any atom is 0.242 e. The lowest BCUT2D eigenvalue weighted by atomic mass is 10.2. The molecule has 0 saturated carbocycles. The molecule has 0 unspecified atom stereocenters. The summed E-state index contributed by atoms with van der Waals surface area (Å²) in [4.78, 5) is 8.07. The molecule has 0 amide bonds. The van der Waals surface area contributed by atoms with Gasteiger partial charge in [-0.1, -0.05) is 0 Å². The van der Waals surface area contributed by atoms with Gasteiger partial charge in [0.25, 0.3) is 0 Å². The number of pyridine rings is 1. The van der Waals surface area contributed by atoms with Crippen LogP contribution in [0, 0.1) is 0 Å². The van der Waals surface area contributed by atoms with Gasteiger partial charge in [0.1, 0.15) is 4.90 Å². The van der Waals surface area contributed by atoms with E-state index in [4.69, 9.17) is 9.47 Å². The van der Waals surface area contributed by atoms with Crippen LogP contribution in [0.4, 0.5) is 5.69 Å². The van der Waals surface area contributed by atoms with E-state index in [2.05, 4.69) is 25.3 Å². The fraction of sp³-hybridized carbons (Fsp3) is 0.333. The largest absolute Gasteiger partial charge is 0.493 e. The Morgan fingerprint density at radius 2 is 2.00 bits per heavy atom. The Kier molecular flexibility index (Phi) is 10.7. The van der Waals surface area contributed by atoms with E-state index in [0.717, 1.165) is 5.69 Å². The van der Waals surface area contributed by atoms with Crippen LogP contribution in [0.25, 0.3) is 0 Å². The Balaban J connectivity index is 0.00000420. The summed E-state index contributed by atoms with van der Waals surface area (Å²) in [5, 5.41) is 6.16. The molecule has 1 heterocycles. The lowest BCUT2D eigenvalue weighted by molar-refractivity contribution is 0.311. The zero-order valence-electron chi connectivity index (χ0n) is 16.5. The fourth-order valence-electron chi connectivity index (χ4n) is 2.29. The number of benzene rings is 1. The third-order valence-corrected chi connectivity index (χ3v) is 5.05. The molecule has 1 aromatic heterocycles. The van der Waals surface area contributed by atoms with Crippen molar-refractivity contribution < 1.29 is 17.9 Å². The molecule has 1 aromatic carbocycles. The van der Waals surface area contributed by atoms with E-state index in [1.165, 1.54) is 18.5 Å². The molecule has 160 valence electrons. The predicted octanol–water partition coefficient (Wildman–Crippen LogP) is 2.07. The van der Waals surface area contributed by atoms with Gasteiger partial charge in [0.15, 0.2) is 17.5 Å². The molecule has 11 heteroatoms. The normalized spacial score (nSPS) is 11.3. The van der Waals surface area contributed by atoms with E-state index in [1.54, 1.807) is 32.4 Å². The number of rotatable bonds is 9. The zero-order valence-corrected chi connectivity index (χ0v) is 19.7. The van der Waals surface area contributed by atoms with Crippen LogP contribution in [0.1, 0.15) is 6.92 Å². The molecule has 3 N–H and O–H groups in total. The summed E-state index contributed by atoms with van der Waals surface area (Å²) in [6, 6.07) is 8.50. The SMILES string of the molecule is CCOc1ccc(NC(=NC)NCCNS(=O)(=O)c2cccnc2)cc1OC.I. The third kappa shape index (κ3) is 7.66. The number of anilines is 1. The first kappa shape index (κ1) is 24.9. The van der Waals surface area contributed by atoms with Gasteiger partial charge in [-0.05, 0) is 31.2 Å². The number of sulfonamides is 1. The molecule has 9 nitrogen and oxygen atoms in total. The third-order valence-electron chi connectivity index (χ3n) is 3.60. The molecule has 29 heavy (non-hydrogen) atoms. The van der Waals surface area contributed by atoms with Crippen molar-refractivity contribution in [2.24, 2.45) is 4.99 Å². The Hall–Kier alpha value is -2.12. The summed E-state index contributed by atoms with van der Waals surface area (Å²) in [5.74, 6) is 1.75. The lowest BCUT2D eigenvalue weighted by Crippen LogP contribution is -2.37. The molecule has 0 aliphatic carbocycles. The number of nitrogens with one attached hydrogen (secondary N) is 3. The van der Waals surface area contributed by atoms with Gasteiger partial charge in [-0.2, -0.15) is 0 Å². The second kappa shape index (κ2) is 12.4. The smallest absolute Gasteiger partial charge is 0.242 e. The highest BCUT2D eigenvalue weighted by Gasteiger charge is 2.13. The number of aromatic nitrogens is 1. The van der Waals surface area contributed by atoms with Crippen LogP contribution in [0.5, 0.6) is 11.5 Å². The number of nitrogens with zero attached hydrogens (tertiary/aromatic N) is 2. The second-order valence-electron chi connectivity index (χ2n) is 5.51. The van der Waals surface area contributed by atoms with Crippen molar-refractivity contribution in [2.45, 2.75) is 11.8 Å². The number of aliphatic imine (C=N–C) groups is 1. The number of hydrogen-bond donors (Lipinski definition) is 3. The number of guanidine groups is 1. The zero-order chi connectivity index (χ0) is 20.4. The van der Waals surface area contributed by atoms with Crippen molar-refractivity contribution in [3.8, 4) is 11.5 Å². The van der Waals surface area contributed by atoms with E-state index in [9.17, 15) is 8.42 Å². The summed E-state index contributed by atoms with van der Waals surface area (Å²) in [5.41, 5.74) is 0.754. The average molecular weight is 535 g/mol. The lowest BCUT2D eigenvalue weighted by Gasteiger charge is -2.15. The van der Waals surface area contributed by atoms with Gasteiger partial charge < -0.3 is 20.1 Å². The topological polar surface area (TPSA) is 114 Å². The van der Waals surface area contributed by atoms with Gasteiger partial charge in [0, 0.05) is 44.3 Å². The Morgan fingerprint density at radius 3 is 2.62 bits per heavy atom. The molecule has 0 saturated heterocycles. The fourth-order valence-corrected chi connectivity index (χ4v) is 3.29. The van der Waals surface area contributed by atoms with Crippen LogP contribution in [0.15, 0.2) is 52.6 Å². The maximum atomic E-state index is 12.1. The van der Waals surface area contributed by atoms with Gasteiger partial charge in [-0.15, -0.1) is 24.0 Å². The molecule has 0 atom stereocenters. The van der Waals surface area contributed by atoms with Crippen molar-refractivity contribution in [1.82, 2.24) is 15.0 Å². The molecule has 2 rings (SSSR count). The summed E-state index contributed by atoms with van der Waals surface area (Å²) in [6.07, 6.45) is 2.82. The van der Waals surface area contributed by atoms with Crippen molar-refractivity contribution in [3.05, 3.63) is 42.7 Å². The first-order valence-corrected chi connectivity index (χ1v) is 10.2. The molecule has 2 aromatic rings. The summed E-state index contributed by atoms with van der Waals surface area (Å²) < 4.78 is 37.6. The minimum absolute atomic E-state index is 0. The van der Waals surface area contributed by atoms with E-state index >= 15 is 0 Å². The van der Waals surface area contributed by atoms with E-state index in [1.807, 2.05) is 13.0 Å². The van der Waals surface area contributed by atoms with Crippen LogP contribution in [-0.2, 0) is 10.0 Å². The van der Waals surface area contributed by atoms with Gasteiger partial charge in [-0.25, -0.2) is 13.1 Å². The first-order chi connectivity index (χ1) is 13.5. The number of ether oxygens (including phenoxy) is 2. The van der Waals surface area contributed by atoms with E-state index in [-0.39, 0.29) is 35.4 Å². The molecule has 0 fully saturated rings. The molecule has 0 aliphatic heterocycles. The molecule has 0 radical (unpaired) electrons. The van der Waals surface area contributed by atoms with Crippen LogP contribution in [0.2, 0.25) is 0 Å². The number of halogens is 1.